The third-order valence-electron chi connectivity index (χ3n) is 4.22. The minimum atomic E-state index is -0.0519. The molecule has 3 aromatic carbocycles. The number of thioether (sulfide) groups is 1. The number of carbonyl (C=O) groups is 1. The van der Waals surface area contributed by atoms with Gasteiger partial charge >= 0.3 is 0 Å². The predicted octanol–water partition coefficient (Wildman–Crippen LogP) is 5.10. The molecule has 4 rings (SSSR count). The van der Waals surface area contributed by atoms with E-state index in [1.54, 1.807) is 16.7 Å². The molecule has 0 saturated heterocycles. The predicted molar refractivity (Wildman–Crippen MR) is 110 cm³/mol. The van der Waals surface area contributed by atoms with Crippen LogP contribution in [0.1, 0.15) is 10.4 Å². The molecule has 1 heterocycles. The highest BCUT2D eigenvalue weighted by molar-refractivity contribution is 8.14. The van der Waals surface area contributed by atoms with E-state index in [2.05, 4.69) is 17.1 Å². The first-order valence-corrected chi connectivity index (χ1v) is 9.54. The molecule has 0 saturated carbocycles. The molecule has 1 aliphatic heterocycles. The molecule has 3 aromatic rings. The summed E-state index contributed by atoms with van der Waals surface area (Å²) >= 11 is 1.62. The summed E-state index contributed by atoms with van der Waals surface area (Å²) in [6, 6.07) is 27.6. The summed E-state index contributed by atoms with van der Waals surface area (Å²) in [5.41, 5.74) is 3.74. The molecule has 1 aliphatic rings. The van der Waals surface area contributed by atoms with Crippen LogP contribution in [0.25, 0.3) is 11.1 Å². The Morgan fingerprint density at radius 2 is 1.42 bits per heavy atom. The van der Waals surface area contributed by atoms with E-state index in [-0.39, 0.29) is 5.91 Å². The molecular weight excluding hydrogens is 340 g/mol. The zero-order chi connectivity index (χ0) is 17.8. The molecule has 0 unspecified atom stereocenters. The Morgan fingerprint density at radius 3 is 2.04 bits per heavy atom. The van der Waals surface area contributed by atoms with Crippen LogP contribution in [-0.2, 0) is 0 Å². The van der Waals surface area contributed by atoms with Crippen LogP contribution in [0.4, 0.5) is 5.69 Å². The van der Waals surface area contributed by atoms with Crippen LogP contribution in [0.15, 0.2) is 89.9 Å². The van der Waals surface area contributed by atoms with Crippen molar-refractivity contribution in [1.82, 2.24) is 0 Å². The summed E-state index contributed by atoms with van der Waals surface area (Å²) in [7, 11) is 0. The van der Waals surface area contributed by atoms with Gasteiger partial charge in [-0.1, -0.05) is 72.4 Å². The van der Waals surface area contributed by atoms with Gasteiger partial charge in [-0.2, -0.15) is 0 Å². The maximum atomic E-state index is 13.2. The summed E-state index contributed by atoms with van der Waals surface area (Å²) in [4.78, 5) is 19.4. The largest absolute Gasteiger partial charge is 0.268 e. The zero-order valence-corrected chi connectivity index (χ0v) is 15.0. The van der Waals surface area contributed by atoms with Crippen molar-refractivity contribution in [3.05, 3.63) is 90.5 Å². The molecule has 0 fully saturated rings. The van der Waals surface area contributed by atoms with E-state index in [9.17, 15) is 4.79 Å². The first-order valence-electron chi connectivity index (χ1n) is 8.55. The van der Waals surface area contributed by atoms with Gasteiger partial charge in [0.05, 0.1) is 12.2 Å². The quantitative estimate of drug-likeness (QED) is 0.652. The van der Waals surface area contributed by atoms with E-state index in [0.29, 0.717) is 5.56 Å². The Kier molecular flexibility index (Phi) is 4.84. The van der Waals surface area contributed by atoms with Crippen LogP contribution in [0.2, 0.25) is 0 Å². The van der Waals surface area contributed by atoms with Gasteiger partial charge in [0, 0.05) is 11.3 Å². The molecule has 0 bridgehead atoms. The van der Waals surface area contributed by atoms with Gasteiger partial charge in [-0.3, -0.25) is 14.7 Å². The minimum absolute atomic E-state index is 0.0519. The van der Waals surface area contributed by atoms with E-state index < -0.39 is 0 Å². The molecule has 0 aliphatic carbocycles. The summed E-state index contributed by atoms with van der Waals surface area (Å²) in [5, 5.41) is 0.772. The Bertz CT molecular complexity index is 921. The molecule has 3 nitrogen and oxygen atoms in total. The monoisotopic (exact) mass is 358 g/mol. The first-order chi connectivity index (χ1) is 12.8. The van der Waals surface area contributed by atoms with Gasteiger partial charge in [0.2, 0.25) is 0 Å². The number of anilines is 1. The number of benzene rings is 3. The fourth-order valence-corrected chi connectivity index (χ4v) is 3.78. The number of hydrogen-bond donors (Lipinski definition) is 0. The highest BCUT2D eigenvalue weighted by Crippen LogP contribution is 2.26. The number of amides is 1. The number of amidine groups is 1. The van der Waals surface area contributed by atoms with E-state index in [0.717, 1.165) is 34.3 Å². The topological polar surface area (TPSA) is 32.7 Å². The maximum absolute atomic E-state index is 13.2. The van der Waals surface area contributed by atoms with Crippen LogP contribution in [-0.4, -0.2) is 23.4 Å². The normalized spacial score (nSPS) is 13.3. The van der Waals surface area contributed by atoms with Crippen molar-refractivity contribution in [1.29, 1.82) is 0 Å². The second-order valence-corrected chi connectivity index (χ2v) is 6.99. The number of nitrogens with zero attached hydrogens (tertiary/aromatic N) is 2. The lowest BCUT2D eigenvalue weighted by Gasteiger charge is -2.22. The van der Waals surface area contributed by atoms with Gasteiger partial charge in [0.1, 0.15) is 0 Å². The average Bonchev–Trinajstić information content (AvgIpc) is 3.24. The molecule has 128 valence electrons. The Morgan fingerprint density at radius 1 is 0.808 bits per heavy atom. The van der Waals surface area contributed by atoms with Gasteiger partial charge < -0.3 is 0 Å². The van der Waals surface area contributed by atoms with Gasteiger partial charge in [-0.15, -0.1) is 0 Å². The molecule has 0 radical (unpaired) electrons. The fraction of sp³-hybridized carbons (Fsp3) is 0.0909. The summed E-state index contributed by atoms with van der Waals surface area (Å²) < 4.78 is 0. The number of para-hydroxylation sites is 1. The summed E-state index contributed by atoms with van der Waals surface area (Å²) in [5.74, 6) is 0.864. The minimum Gasteiger partial charge on any atom is -0.268 e. The number of aliphatic imine (C=N–C) groups is 1. The third kappa shape index (κ3) is 3.41. The molecule has 4 heteroatoms. The van der Waals surface area contributed by atoms with Crippen LogP contribution < -0.4 is 4.90 Å². The van der Waals surface area contributed by atoms with Crippen molar-refractivity contribution in [2.45, 2.75) is 0 Å². The molecular formula is C22H18N2OS. The Hall–Kier alpha value is -2.85. The van der Waals surface area contributed by atoms with Crippen LogP contribution >= 0.6 is 11.8 Å². The van der Waals surface area contributed by atoms with Crippen molar-refractivity contribution in [3.63, 3.8) is 0 Å². The zero-order valence-electron chi connectivity index (χ0n) is 14.2. The van der Waals surface area contributed by atoms with Gasteiger partial charge in [0.25, 0.3) is 5.91 Å². The maximum Gasteiger partial charge on any atom is 0.264 e. The molecule has 0 N–H and O–H groups in total. The lowest BCUT2D eigenvalue weighted by Crippen LogP contribution is -2.34. The molecule has 0 atom stereocenters. The fourth-order valence-electron chi connectivity index (χ4n) is 2.92. The van der Waals surface area contributed by atoms with Crippen LogP contribution in [0, 0.1) is 0 Å². The van der Waals surface area contributed by atoms with Crippen molar-refractivity contribution >= 4 is 28.5 Å². The van der Waals surface area contributed by atoms with Gasteiger partial charge in [-0.05, 0) is 35.4 Å². The van der Waals surface area contributed by atoms with Crippen molar-refractivity contribution in [2.75, 3.05) is 17.2 Å². The smallest absolute Gasteiger partial charge is 0.264 e. The molecule has 1 amide bonds. The lowest BCUT2D eigenvalue weighted by molar-refractivity contribution is 0.100. The number of carbonyl (C=O) groups excluding carboxylic acids is 1. The lowest BCUT2D eigenvalue weighted by atomic mass is 10.0. The Balaban J connectivity index is 1.66. The third-order valence-corrected chi connectivity index (χ3v) is 5.17. The summed E-state index contributed by atoms with van der Waals surface area (Å²) in [6.45, 7) is 0.754. The van der Waals surface area contributed by atoms with Crippen LogP contribution in [0.3, 0.4) is 0 Å². The second-order valence-electron chi connectivity index (χ2n) is 5.93. The molecule has 0 aromatic heterocycles. The molecule has 26 heavy (non-hydrogen) atoms. The standard InChI is InChI=1S/C22H18N2OS/c25-21(19-13-11-18(12-14-19)17-7-3-1-4-8-17)24(22-23-15-16-26-22)20-9-5-2-6-10-20/h1-14H,15-16H2. The van der Waals surface area contributed by atoms with Crippen molar-refractivity contribution < 1.29 is 4.79 Å². The van der Waals surface area contributed by atoms with E-state index in [4.69, 9.17) is 0 Å². The average molecular weight is 358 g/mol. The number of hydrogen-bond acceptors (Lipinski definition) is 3. The summed E-state index contributed by atoms with van der Waals surface area (Å²) in [6.07, 6.45) is 0. The first kappa shape index (κ1) is 16.6. The van der Waals surface area contributed by atoms with Gasteiger partial charge in [-0.25, -0.2) is 0 Å². The Labute approximate surface area is 157 Å². The molecule has 0 spiro atoms. The highest BCUT2D eigenvalue weighted by Gasteiger charge is 2.25. The van der Waals surface area contributed by atoms with Crippen molar-refractivity contribution in [3.8, 4) is 11.1 Å². The second kappa shape index (κ2) is 7.58. The van der Waals surface area contributed by atoms with E-state index >= 15 is 0 Å². The highest BCUT2D eigenvalue weighted by atomic mass is 32.2. The van der Waals surface area contributed by atoms with E-state index in [1.807, 2.05) is 72.8 Å². The number of rotatable bonds is 3. The van der Waals surface area contributed by atoms with E-state index in [1.165, 1.54) is 0 Å². The SMILES string of the molecule is O=C(c1ccc(-c2ccccc2)cc1)N(C1=NCCS1)c1ccccc1. The van der Waals surface area contributed by atoms with Gasteiger partial charge in [0.15, 0.2) is 5.17 Å². The van der Waals surface area contributed by atoms with Crippen molar-refractivity contribution in [2.24, 2.45) is 4.99 Å². The van der Waals surface area contributed by atoms with Crippen LogP contribution in [0.5, 0.6) is 0 Å².